The highest BCUT2D eigenvalue weighted by Crippen LogP contribution is 2.30. The van der Waals surface area contributed by atoms with Crippen LogP contribution in [0.5, 0.6) is 0 Å². The van der Waals surface area contributed by atoms with Gasteiger partial charge in [-0.05, 0) is 12.1 Å². The van der Waals surface area contributed by atoms with Gasteiger partial charge in [0.25, 0.3) is 20.2 Å². The largest absolute Gasteiger partial charge is 0.398 e. The summed E-state index contributed by atoms with van der Waals surface area (Å²) in [6.45, 7) is 0. The first-order chi connectivity index (χ1) is 7.03. The highest BCUT2D eigenvalue weighted by atomic mass is 35.5. The van der Waals surface area contributed by atoms with Crippen LogP contribution in [0.1, 0.15) is 0 Å². The topological polar surface area (TPSA) is 135 Å². The van der Waals surface area contributed by atoms with Crippen LogP contribution in [0.25, 0.3) is 0 Å². The van der Waals surface area contributed by atoms with Gasteiger partial charge in [-0.2, -0.15) is 16.8 Å². The molecule has 7 nitrogen and oxygen atoms in total. The van der Waals surface area contributed by atoms with E-state index in [1.54, 1.807) is 0 Å². The van der Waals surface area contributed by atoms with Crippen molar-refractivity contribution in [3.63, 3.8) is 0 Å². The van der Waals surface area contributed by atoms with Crippen LogP contribution in [-0.2, 0) is 20.2 Å². The van der Waals surface area contributed by atoms with Crippen LogP contribution in [0, 0.1) is 0 Å². The molecule has 10 heteroatoms. The van der Waals surface area contributed by atoms with E-state index in [0.717, 1.165) is 0 Å². The van der Waals surface area contributed by atoms with Crippen molar-refractivity contribution in [2.45, 2.75) is 9.79 Å². The Kier molecular flexibility index (Phi) is 3.18. The summed E-state index contributed by atoms with van der Waals surface area (Å²) in [6.07, 6.45) is 0. The molecule has 0 aliphatic heterocycles. The summed E-state index contributed by atoms with van der Waals surface area (Å²) in [4.78, 5) is -1.47. The summed E-state index contributed by atoms with van der Waals surface area (Å²) < 4.78 is 60.5. The number of hydrogen-bond acceptors (Lipinski definition) is 5. The molecular formula is C6H6ClNO6S2. The fraction of sp³-hybridized carbons (Fsp3) is 0. The molecule has 1 rings (SSSR count). The Labute approximate surface area is 96.3 Å². The van der Waals surface area contributed by atoms with Gasteiger partial charge in [0.2, 0.25) is 0 Å². The highest BCUT2D eigenvalue weighted by molar-refractivity contribution is 7.86. The minimum absolute atomic E-state index is 0.581. The lowest BCUT2D eigenvalue weighted by Gasteiger charge is -2.06. The van der Waals surface area contributed by atoms with Crippen molar-refractivity contribution in [1.82, 2.24) is 0 Å². The average molecular weight is 288 g/mol. The van der Waals surface area contributed by atoms with E-state index in [2.05, 4.69) is 0 Å². The van der Waals surface area contributed by atoms with Crippen molar-refractivity contribution in [3.05, 3.63) is 17.2 Å². The third kappa shape index (κ3) is 2.62. The second-order valence-electron chi connectivity index (χ2n) is 2.77. The van der Waals surface area contributed by atoms with Gasteiger partial charge in [-0.3, -0.25) is 9.11 Å². The molecule has 0 aliphatic carbocycles. The maximum atomic E-state index is 10.8. The molecule has 0 heterocycles. The van der Waals surface area contributed by atoms with Gasteiger partial charge in [-0.25, -0.2) is 0 Å². The number of nitrogens with two attached hydrogens (primary N) is 1. The predicted molar refractivity (Wildman–Crippen MR) is 55.5 cm³/mol. The molecule has 1 aromatic rings. The molecule has 0 aliphatic rings. The van der Waals surface area contributed by atoms with E-state index in [0.29, 0.717) is 12.1 Å². The number of hydrogen-bond donors (Lipinski definition) is 3. The Hall–Kier alpha value is -0.870. The Bertz CT molecular complexity index is 612. The van der Waals surface area contributed by atoms with E-state index in [-0.39, 0.29) is 0 Å². The van der Waals surface area contributed by atoms with E-state index in [9.17, 15) is 16.8 Å². The lowest BCUT2D eigenvalue weighted by atomic mass is 10.3. The first-order valence-corrected chi connectivity index (χ1v) is 6.83. The van der Waals surface area contributed by atoms with Gasteiger partial charge in [0.15, 0.2) is 0 Å². The molecule has 0 saturated carbocycles. The van der Waals surface area contributed by atoms with Crippen LogP contribution in [-0.4, -0.2) is 25.9 Å². The molecule has 0 saturated heterocycles. The van der Waals surface area contributed by atoms with Gasteiger partial charge in [0.05, 0.1) is 15.6 Å². The van der Waals surface area contributed by atoms with Gasteiger partial charge in [-0.15, -0.1) is 0 Å². The maximum Gasteiger partial charge on any atom is 0.298 e. The first-order valence-electron chi connectivity index (χ1n) is 3.57. The fourth-order valence-corrected chi connectivity index (χ4v) is 2.80. The Morgan fingerprint density at radius 3 is 1.88 bits per heavy atom. The molecular weight excluding hydrogens is 282 g/mol. The summed E-state index contributed by atoms with van der Waals surface area (Å²) >= 11 is 5.43. The molecule has 0 spiro atoms. The summed E-state index contributed by atoms with van der Waals surface area (Å²) in [7, 11) is -9.21. The van der Waals surface area contributed by atoms with Crippen LogP contribution in [0.2, 0.25) is 5.02 Å². The number of nitrogen functional groups attached to an aromatic ring is 1. The average Bonchev–Trinajstić information content (AvgIpc) is 1.97. The lowest BCUT2D eigenvalue weighted by Crippen LogP contribution is -2.07. The van der Waals surface area contributed by atoms with Crippen LogP contribution >= 0.6 is 11.6 Å². The Morgan fingerprint density at radius 2 is 1.56 bits per heavy atom. The minimum Gasteiger partial charge on any atom is -0.398 e. The molecule has 0 aromatic heterocycles. The number of benzene rings is 1. The summed E-state index contributed by atoms with van der Waals surface area (Å²) in [6, 6.07) is 1.33. The van der Waals surface area contributed by atoms with Crippen LogP contribution in [0.15, 0.2) is 21.9 Å². The van der Waals surface area contributed by atoms with Gasteiger partial charge in [-0.1, -0.05) is 11.6 Å². The smallest absolute Gasteiger partial charge is 0.298 e. The van der Waals surface area contributed by atoms with E-state index >= 15 is 0 Å². The van der Waals surface area contributed by atoms with Crippen molar-refractivity contribution in [1.29, 1.82) is 0 Å². The Balaban J connectivity index is 3.66. The molecule has 1 aromatic carbocycles. The van der Waals surface area contributed by atoms with Crippen LogP contribution in [0.4, 0.5) is 5.69 Å². The summed E-state index contributed by atoms with van der Waals surface area (Å²) in [5.74, 6) is 0. The summed E-state index contributed by atoms with van der Waals surface area (Å²) in [5.41, 5.74) is 4.62. The van der Waals surface area contributed by atoms with Crippen LogP contribution < -0.4 is 5.73 Å². The van der Waals surface area contributed by atoms with E-state index in [1.807, 2.05) is 0 Å². The van der Waals surface area contributed by atoms with Crippen molar-refractivity contribution in [2.24, 2.45) is 0 Å². The fourth-order valence-electron chi connectivity index (χ4n) is 1.01. The molecule has 0 radical (unpaired) electrons. The molecule has 0 fully saturated rings. The molecule has 16 heavy (non-hydrogen) atoms. The summed E-state index contributed by atoms with van der Waals surface area (Å²) in [5, 5.41) is -0.602. The maximum absolute atomic E-state index is 10.8. The van der Waals surface area contributed by atoms with Gasteiger partial charge < -0.3 is 5.73 Å². The second kappa shape index (κ2) is 3.86. The quantitative estimate of drug-likeness (QED) is 0.529. The number of anilines is 1. The molecule has 0 unspecified atom stereocenters. The molecule has 0 bridgehead atoms. The minimum atomic E-state index is -4.66. The zero-order chi connectivity index (χ0) is 12.7. The second-order valence-corrected chi connectivity index (χ2v) is 5.96. The highest BCUT2D eigenvalue weighted by Gasteiger charge is 2.22. The molecule has 4 N–H and O–H groups in total. The third-order valence-corrected chi connectivity index (χ3v) is 3.81. The monoisotopic (exact) mass is 287 g/mol. The molecule has 0 amide bonds. The van der Waals surface area contributed by atoms with Crippen molar-refractivity contribution < 1.29 is 25.9 Å². The zero-order valence-electron chi connectivity index (χ0n) is 7.45. The normalized spacial score (nSPS) is 12.7. The van der Waals surface area contributed by atoms with Gasteiger partial charge in [0.1, 0.15) is 4.90 Å². The lowest BCUT2D eigenvalue weighted by molar-refractivity contribution is 0.479. The van der Waals surface area contributed by atoms with Crippen molar-refractivity contribution >= 4 is 37.5 Å². The zero-order valence-corrected chi connectivity index (χ0v) is 9.84. The van der Waals surface area contributed by atoms with Crippen molar-refractivity contribution in [2.75, 3.05) is 5.73 Å². The van der Waals surface area contributed by atoms with Crippen molar-refractivity contribution in [3.8, 4) is 0 Å². The van der Waals surface area contributed by atoms with E-state index in [4.69, 9.17) is 26.4 Å². The van der Waals surface area contributed by atoms with Crippen LogP contribution in [0.3, 0.4) is 0 Å². The van der Waals surface area contributed by atoms with Gasteiger partial charge in [0, 0.05) is 0 Å². The standard InChI is InChI=1S/C6H6ClNO6S2/c7-4-1-3(15(9,10)11)2-5(8)6(4)16(12,13)14/h1-2H,8H2,(H,9,10,11)(H,12,13,14). The first kappa shape index (κ1) is 13.2. The Morgan fingerprint density at radius 1 is 1.06 bits per heavy atom. The number of halogens is 1. The van der Waals surface area contributed by atoms with E-state index < -0.39 is 40.7 Å². The molecule has 90 valence electrons. The van der Waals surface area contributed by atoms with E-state index in [1.165, 1.54) is 0 Å². The number of rotatable bonds is 2. The molecule has 0 atom stereocenters. The van der Waals surface area contributed by atoms with Gasteiger partial charge >= 0.3 is 0 Å². The SMILES string of the molecule is Nc1cc(S(=O)(=O)O)cc(Cl)c1S(=O)(=O)O. The third-order valence-electron chi connectivity index (χ3n) is 1.60. The predicted octanol–water partition coefficient (Wildman–Crippen LogP) is 0.416.